The molecular formula is C10H19NO2. The fraction of sp³-hybridized carbons (Fsp3) is 0.900. The molecule has 0 bridgehead atoms. The minimum atomic E-state index is -0.236. The Labute approximate surface area is 79.7 Å². The van der Waals surface area contributed by atoms with E-state index < -0.39 is 0 Å². The zero-order valence-electron chi connectivity index (χ0n) is 8.49. The number of nitrogens with zero attached hydrogens (tertiary/aromatic N) is 1. The van der Waals surface area contributed by atoms with Gasteiger partial charge < -0.3 is 5.11 Å². The molecule has 0 radical (unpaired) electrons. The Balaban J connectivity index is 2.33. The zero-order valence-corrected chi connectivity index (χ0v) is 8.49. The van der Waals surface area contributed by atoms with Gasteiger partial charge in [-0.1, -0.05) is 13.8 Å². The van der Waals surface area contributed by atoms with Crippen molar-refractivity contribution in [2.24, 2.45) is 5.92 Å². The third-order valence-corrected chi connectivity index (χ3v) is 2.70. The topological polar surface area (TPSA) is 40.5 Å². The van der Waals surface area contributed by atoms with Crippen LogP contribution in [-0.4, -0.2) is 41.5 Å². The number of rotatable bonds is 3. The number of carbonyl (C=O) groups excluding carboxylic acids is 1. The second-order valence-electron chi connectivity index (χ2n) is 3.94. The molecule has 3 nitrogen and oxygen atoms in total. The largest absolute Gasteiger partial charge is 0.392 e. The van der Waals surface area contributed by atoms with Crippen LogP contribution in [0.15, 0.2) is 0 Å². The van der Waals surface area contributed by atoms with Crippen molar-refractivity contribution in [3.63, 3.8) is 0 Å². The van der Waals surface area contributed by atoms with Gasteiger partial charge in [0.1, 0.15) is 5.78 Å². The quantitative estimate of drug-likeness (QED) is 0.702. The van der Waals surface area contributed by atoms with Crippen LogP contribution >= 0.6 is 0 Å². The van der Waals surface area contributed by atoms with Gasteiger partial charge in [0.05, 0.1) is 6.10 Å². The number of aliphatic hydroxyl groups is 1. The molecule has 1 aliphatic heterocycles. The highest BCUT2D eigenvalue weighted by molar-refractivity contribution is 5.81. The molecule has 1 aliphatic rings. The van der Waals surface area contributed by atoms with Crippen molar-refractivity contribution in [1.82, 2.24) is 4.90 Å². The second-order valence-corrected chi connectivity index (χ2v) is 3.94. The number of piperidine rings is 1. The summed E-state index contributed by atoms with van der Waals surface area (Å²) in [5, 5.41) is 9.44. The summed E-state index contributed by atoms with van der Waals surface area (Å²) < 4.78 is 0. The van der Waals surface area contributed by atoms with Gasteiger partial charge in [0, 0.05) is 32.0 Å². The molecule has 2 unspecified atom stereocenters. The van der Waals surface area contributed by atoms with Gasteiger partial charge >= 0.3 is 0 Å². The summed E-state index contributed by atoms with van der Waals surface area (Å²) in [6.07, 6.45) is 1.21. The fourth-order valence-electron chi connectivity index (χ4n) is 1.69. The van der Waals surface area contributed by atoms with Crippen LogP contribution in [0.2, 0.25) is 0 Å². The molecule has 0 saturated carbocycles. The molecular weight excluding hydrogens is 166 g/mol. The molecule has 0 aromatic carbocycles. The molecule has 1 rings (SSSR count). The fourth-order valence-corrected chi connectivity index (χ4v) is 1.69. The Bertz CT molecular complexity index is 182. The monoisotopic (exact) mass is 185 g/mol. The van der Waals surface area contributed by atoms with Gasteiger partial charge in [-0.15, -0.1) is 0 Å². The Hall–Kier alpha value is -0.410. The van der Waals surface area contributed by atoms with E-state index in [4.69, 9.17) is 0 Å². The van der Waals surface area contributed by atoms with Crippen LogP contribution in [0, 0.1) is 5.92 Å². The van der Waals surface area contributed by atoms with Crippen LogP contribution in [0.5, 0.6) is 0 Å². The van der Waals surface area contributed by atoms with E-state index in [1.165, 1.54) is 0 Å². The van der Waals surface area contributed by atoms with Gasteiger partial charge in [-0.2, -0.15) is 0 Å². The van der Waals surface area contributed by atoms with E-state index in [-0.39, 0.29) is 12.0 Å². The summed E-state index contributed by atoms with van der Waals surface area (Å²) in [5.41, 5.74) is 0. The normalized spacial score (nSPS) is 27.6. The average molecular weight is 185 g/mol. The van der Waals surface area contributed by atoms with Crippen molar-refractivity contribution < 1.29 is 9.90 Å². The third-order valence-electron chi connectivity index (χ3n) is 2.70. The molecule has 2 atom stereocenters. The molecule has 1 heterocycles. The number of ketones is 1. The lowest BCUT2D eigenvalue weighted by Gasteiger charge is -2.31. The van der Waals surface area contributed by atoms with Crippen molar-refractivity contribution in [1.29, 1.82) is 0 Å². The van der Waals surface area contributed by atoms with Gasteiger partial charge in [-0.25, -0.2) is 0 Å². The van der Waals surface area contributed by atoms with Crippen molar-refractivity contribution >= 4 is 5.78 Å². The van der Waals surface area contributed by atoms with E-state index >= 15 is 0 Å². The third kappa shape index (κ3) is 3.08. The highest BCUT2D eigenvalue weighted by Gasteiger charge is 2.24. The maximum Gasteiger partial charge on any atom is 0.138 e. The van der Waals surface area contributed by atoms with Gasteiger partial charge in [0.25, 0.3) is 0 Å². The summed E-state index contributed by atoms with van der Waals surface area (Å²) in [4.78, 5) is 13.4. The average Bonchev–Trinajstić information content (AvgIpc) is 2.11. The van der Waals surface area contributed by atoms with Crippen LogP contribution in [-0.2, 0) is 4.79 Å². The standard InChI is InChI=1S/C10H19NO2/c1-3-9(12)7-11-5-4-10(13)8(2)6-11/h8-9,12H,3-7H2,1-2H3. The van der Waals surface area contributed by atoms with Crippen LogP contribution in [0.4, 0.5) is 0 Å². The number of aliphatic hydroxyl groups excluding tert-OH is 1. The van der Waals surface area contributed by atoms with Gasteiger partial charge in [0.2, 0.25) is 0 Å². The van der Waals surface area contributed by atoms with Crippen LogP contribution < -0.4 is 0 Å². The van der Waals surface area contributed by atoms with Gasteiger partial charge in [-0.05, 0) is 6.42 Å². The Kier molecular flexibility index (Phi) is 3.88. The molecule has 1 saturated heterocycles. The highest BCUT2D eigenvalue weighted by atomic mass is 16.3. The number of Topliss-reactive ketones (excluding diaryl/α,β-unsaturated/α-hetero) is 1. The lowest BCUT2D eigenvalue weighted by atomic mass is 9.98. The number of hydrogen-bond acceptors (Lipinski definition) is 3. The van der Waals surface area contributed by atoms with Crippen molar-refractivity contribution in [2.75, 3.05) is 19.6 Å². The first kappa shape index (κ1) is 10.7. The van der Waals surface area contributed by atoms with E-state index in [0.29, 0.717) is 18.7 Å². The maximum absolute atomic E-state index is 11.2. The molecule has 76 valence electrons. The summed E-state index contributed by atoms with van der Waals surface area (Å²) in [6.45, 7) is 6.29. The Morgan fingerprint density at radius 2 is 2.38 bits per heavy atom. The molecule has 0 amide bonds. The first-order chi connectivity index (χ1) is 6.13. The summed E-state index contributed by atoms with van der Waals surface area (Å²) >= 11 is 0. The Morgan fingerprint density at radius 3 is 2.92 bits per heavy atom. The molecule has 3 heteroatoms. The lowest BCUT2D eigenvalue weighted by molar-refractivity contribution is -0.126. The molecule has 0 aliphatic carbocycles. The number of carbonyl (C=O) groups is 1. The van der Waals surface area contributed by atoms with Crippen LogP contribution in [0.3, 0.4) is 0 Å². The van der Waals surface area contributed by atoms with Gasteiger partial charge in [-0.3, -0.25) is 9.69 Å². The van der Waals surface area contributed by atoms with E-state index in [1.54, 1.807) is 0 Å². The zero-order chi connectivity index (χ0) is 9.84. The van der Waals surface area contributed by atoms with Crippen molar-refractivity contribution in [2.45, 2.75) is 32.8 Å². The van der Waals surface area contributed by atoms with E-state index in [1.807, 2.05) is 13.8 Å². The van der Waals surface area contributed by atoms with Crippen molar-refractivity contribution in [3.05, 3.63) is 0 Å². The maximum atomic E-state index is 11.2. The summed E-state index contributed by atoms with van der Waals surface area (Å²) in [6, 6.07) is 0. The van der Waals surface area contributed by atoms with Crippen LogP contribution in [0.1, 0.15) is 26.7 Å². The van der Waals surface area contributed by atoms with Crippen molar-refractivity contribution in [3.8, 4) is 0 Å². The van der Waals surface area contributed by atoms with Crippen LogP contribution in [0.25, 0.3) is 0 Å². The smallest absolute Gasteiger partial charge is 0.138 e. The lowest BCUT2D eigenvalue weighted by Crippen LogP contribution is -2.43. The first-order valence-corrected chi connectivity index (χ1v) is 5.06. The summed E-state index contributed by atoms with van der Waals surface area (Å²) in [7, 11) is 0. The molecule has 1 fully saturated rings. The Morgan fingerprint density at radius 1 is 1.69 bits per heavy atom. The van der Waals surface area contributed by atoms with Gasteiger partial charge in [0.15, 0.2) is 0 Å². The molecule has 0 spiro atoms. The molecule has 0 aromatic rings. The SMILES string of the molecule is CCC(O)CN1CCC(=O)C(C)C1. The minimum absolute atomic E-state index is 0.151. The number of hydrogen-bond donors (Lipinski definition) is 1. The predicted molar refractivity (Wildman–Crippen MR) is 51.5 cm³/mol. The van der Waals surface area contributed by atoms with E-state index in [0.717, 1.165) is 19.5 Å². The molecule has 1 N–H and O–H groups in total. The highest BCUT2D eigenvalue weighted by Crippen LogP contribution is 2.12. The molecule has 0 aromatic heterocycles. The second kappa shape index (κ2) is 4.72. The first-order valence-electron chi connectivity index (χ1n) is 5.06. The number of likely N-dealkylation sites (tertiary alicyclic amines) is 1. The minimum Gasteiger partial charge on any atom is -0.392 e. The van der Waals surface area contributed by atoms with E-state index in [9.17, 15) is 9.90 Å². The predicted octanol–water partition coefficient (Wildman–Crippen LogP) is 0.668. The number of β-amino-alcohol motifs (C(OH)–C–C–N with tert-alkyl or cyclic N) is 1. The van der Waals surface area contributed by atoms with E-state index in [2.05, 4.69) is 4.90 Å². The summed E-state index contributed by atoms with van der Waals surface area (Å²) in [5.74, 6) is 0.514. The molecule has 13 heavy (non-hydrogen) atoms.